The van der Waals surface area contributed by atoms with Crippen LogP contribution in [0.2, 0.25) is 0 Å². The third-order valence-corrected chi connectivity index (χ3v) is 17.4. The number of ether oxygens (including phenoxy) is 4. The van der Waals surface area contributed by atoms with E-state index in [0.29, 0.717) is 25.7 Å². The van der Waals surface area contributed by atoms with E-state index in [0.717, 1.165) is 148 Å². The van der Waals surface area contributed by atoms with Crippen molar-refractivity contribution in [2.45, 2.75) is 316 Å². The molecule has 0 aromatic carbocycles. The Bertz CT molecular complexity index is 2340. The van der Waals surface area contributed by atoms with Crippen LogP contribution in [0.15, 0.2) is 122 Å². The molecular formula is C79H134O17P2. The average molecular weight is 1420 g/mol. The van der Waals surface area contributed by atoms with Crippen molar-refractivity contribution >= 4 is 39.5 Å². The molecule has 0 amide bonds. The Labute approximate surface area is 593 Å². The number of phosphoric ester groups is 2. The number of esters is 4. The topological polar surface area (TPSA) is 237 Å². The van der Waals surface area contributed by atoms with Crippen LogP contribution in [0.5, 0.6) is 0 Å². The lowest BCUT2D eigenvalue weighted by atomic mass is 10.0. The van der Waals surface area contributed by atoms with Gasteiger partial charge >= 0.3 is 39.5 Å². The van der Waals surface area contributed by atoms with Gasteiger partial charge in [0, 0.05) is 19.3 Å². The highest BCUT2D eigenvalue weighted by molar-refractivity contribution is 7.47. The summed E-state index contributed by atoms with van der Waals surface area (Å²) in [4.78, 5) is 72.8. The van der Waals surface area contributed by atoms with Gasteiger partial charge < -0.3 is 33.8 Å². The summed E-state index contributed by atoms with van der Waals surface area (Å²) in [6.07, 6.45) is 76.5. The Morgan fingerprint density at radius 3 is 0.929 bits per heavy atom. The molecule has 562 valence electrons. The number of hydrogen-bond acceptors (Lipinski definition) is 15. The Hall–Kier alpha value is -4.54. The lowest BCUT2D eigenvalue weighted by molar-refractivity contribution is -0.161. The highest BCUT2D eigenvalue weighted by Crippen LogP contribution is 2.45. The van der Waals surface area contributed by atoms with Gasteiger partial charge in [0.15, 0.2) is 12.2 Å². The van der Waals surface area contributed by atoms with Gasteiger partial charge in [-0.25, -0.2) is 9.13 Å². The van der Waals surface area contributed by atoms with E-state index >= 15 is 0 Å². The standard InChI is InChI=1S/C79H134O17P2/c1-5-9-13-17-21-25-29-33-36-40-43-47-51-55-59-63-76(81)89-69-74(95-78(83)65-61-57-53-49-45-39-32-28-24-20-16-12-8-4)71-93-97(85,86)91-67-73(80)68-92-98(87,88)94-72-75(96-79(84)66-62-58-54-50-46-42-38-35-31-27-23-19-15-11-7-3)70-90-77(82)64-60-56-52-48-44-41-37-34-30-26-22-18-14-10-6-2/h9-10,13-14,21-23,25-27,33-38,44,48,56,60,73-75,80H,5-8,11-12,15-20,24,28-32,39-43,45-47,49-55,57-59,61-72H2,1-4H3,(H,85,86)(H,87,88)/b13-9-,14-10-,25-21-,26-22-,27-23-,36-33-,37-34-,38-35-,48-44-,60-56-. The first-order chi connectivity index (χ1) is 47.7. The molecule has 0 aliphatic carbocycles. The SMILES string of the molecule is CC/C=C\C/C=C\C/C=C\C/C=C\C/C=C\CC(=O)OCC(COP(=O)(O)OCC(O)COP(=O)(O)OCC(COC(=O)CCCCCCC/C=C\C/C=C\C/C=C\CC)OC(=O)CCCCCCCCCCCCCCC)OC(=O)CCCCCCC/C=C\C/C=C\CCCCC. The van der Waals surface area contributed by atoms with E-state index in [-0.39, 0.29) is 25.7 Å². The monoisotopic (exact) mass is 1420 g/mol. The number of phosphoric acid groups is 2. The number of hydrogen-bond donors (Lipinski definition) is 3. The van der Waals surface area contributed by atoms with Crippen molar-refractivity contribution in [3.63, 3.8) is 0 Å². The summed E-state index contributed by atoms with van der Waals surface area (Å²) in [5, 5.41) is 10.6. The van der Waals surface area contributed by atoms with Gasteiger partial charge in [0.25, 0.3) is 0 Å². The number of carbonyl (C=O) groups excluding carboxylic acids is 4. The van der Waals surface area contributed by atoms with Crippen molar-refractivity contribution in [1.82, 2.24) is 0 Å². The van der Waals surface area contributed by atoms with E-state index in [4.69, 9.17) is 37.0 Å². The zero-order chi connectivity index (χ0) is 71.8. The number of allylic oxidation sites excluding steroid dienone is 19. The Balaban J connectivity index is 5.43. The fourth-order valence-corrected chi connectivity index (χ4v) is 11.3. The molecule has 0 heterocycles. The number of rotatable bonds is 70. The molecule has 0 bridgehead atoms. The van der Waals surface area contributed by atoms with Gasteiger partial charge in [0.05, 0.1) is 32.8 Å². The van der Waals surface area contributed by atoms with Gasteiger partial charge in [-0.3, -0.25) is 37.3 Å². The molecule has 0 aromatic rings. The molecule has 0 aliphatic rings. The fourth-order valence-electron chi connectivity index (χ4n) is 9.75. The summed E-state index contributed by atoms with van der Waals surface area (Å²) < 4.78 is 68.3. The zero-order valence-electron chi connectivity index (χ0n) is 61.2. The van der Waals surface area contributed by atoms with Gasteiger partial charge in [0.2, 0.25) is 0 Å². The number of carbonyl (C=O) groups is 4. The summed E-state index contributed by atoms with van der Waals surface area (Å²) in [7, 11) is -9.98. The van der Waals surface area contributed by atoms with E-state index in [2.05, 4.69) is 125 Å². The molecule has 17 nitrogen and oxygen atoms in total. The molecule has 3 N–H and O–H groups in total. The van der Waals surface area contributed by atoms with Gasteiger partial charge in [-0.2, -0.15) is 0 Å². The first-order valence-electron chi connectivity index (χ1n) is 37.8. The summed E-state index contributed by atoms with van der Waals surface area (Å²) in [6.45, 7) is 4.47. The van der Waals surface area contributed by atoms with Crippen molar-refractivity contribution in [2.24, 2.45) is 0 Å². The van der Waals surface area contributed by atoms with Gasteiger partial charge in [-0.15, -0.1) is 0 Å². The number of aliphatic hydroxyl groups excluding tert-OH is 1. The Morgan fingerprint density at radius 2 is 0.571 bits per heavy atom. The van der Waals surface area contributed by atoms with Crippen molar-refractivity contribution in [2.75, 3.05) is 39.6 Å². The quantitative estimate of drug-likeness (QED) is 0.0169. The molecule has 0 spiro atoms. The lowest BCUT2D eigenvalue weighted by Gasteiger charge is -2.21. The maximum Gasteiger partial charge on any atom is 0.472 e. The molecule has 5 atom stereocenters. The van der Waals surface area contributed by atoms with Crippen molar-refractivity contribution in [3.05, 3.63) is 122 Å². The van der Waals surface area contributed by atoms with E-state index in [1.807, 2.05) is 18.2 Å². The third-order valence-electron chi connectivity index (χ3n) is 15.5. The molecule has 0 fully saturated rings. The van der Waals surface area contributed by atoms with E-state index in [9.17, 15) is 43.2 Å². The molecule has 0 saturated heterocycles. The van der Waals surface area contributed by atoms with Crippen LogP contribution in [0.1, 0.15) is 297 Å². The second-order valence-corrected chi connectivity index (χ2v) is 27.8. The number of unbranched alkanes of at least 4 members (excludes halogenated alkanes) is 25. The smallest absolute Gasteiger partial charge is 0.462 e. The minimum absolute atomic E-state index is 0.0575. The molecule has 0 radical (unpaired) electrons. The summed E-state index contributed by atoms with van der Waals surface area (Å²) in [5.74, 6) is -2.35. The molecule has 0 saturated carbocycles. The highest BCUT2D eigenvalue weighted by atomic mass is 31.2. The van der Waals surface area contributed by atoms with E-state index < -0.39 is 97.5 Å². The number of aliphatic hydroxyl groups is 1. The lowest BCUT2D eigenvalue weighted by Crippen LogP contribution is -2.30. The maximum atomic E-state index is 13.1. The summed E-state index contributed by atoms with van der Waals surface area (Å²) >= 11 is 0. The van der Waals surface area contributed by atoms with Gasteiger partial charge in [-0.1, -0.05) is 278 Å². The van der Waals surface area contributed by atoms with Crippen LogP contribution in [0.25, 0.3) is 0 Å². The minimum Gasteiger partial charge on any atom is -0.462 e. The largest absolute Gasteiger partial charge is 0.472 e. The fraction of sp³-hybridized carbons (Fsp3) is 0.696. The van der Waals surface area contributed by atoms with Crippen molar-refractivity contribution in [3.8, 4) is 0 Å². The van der Waals surface area contributed by atoms with Crippen LogP contribution in [-0.4, -0.2) is 96.7 Å². The van der Waals surface area contributed by atoms with Crippen LogP contribution in [-0.2, 0) is 65.4 Å². The third kappa shape index (κ3) is 69.9. The predicted molar refractivity (Wildman–Crippen MR) is 399 cm³/mol. The highest BCUT2D eigenvalue weighted by Gasteiger charge is 2.30. The van der Waals surface area contributed by atoms with E-state index in [1.165, 1.54) is 70.6 Å². The molecule has 19 heteroatoms. The molecule has 5 unspecified atom stereocenters. The molecule has 0 aliphatic heterocycles. The summed E-state index contributed by atoms with van der Waals surface area (Å²) in [5.41, 5.74) is 0. The predicted octanol–water partition coefficient (Wildman–Crippen LogP) is 21.6. The van der Waals surface area contributed by atoms with Crippen LogP contribution in [0.3, 0.4) is 0 Å². The first-order valence-corrected chi connectivity index (χ1v) is 40.8. The van der Waals surface area contributed by atoms with Crippen LogP contribution in [0.4, 0.5) is 0 Å². The minimum atomic E-state index is -5.00. The van der Waals surface area contributed by atoms with Crippen molar-refractivity contribution in [1.29, 1.82) is 0 Å². The second kappa shape index (κ2) is 70.9. The average Bonchev–Trinajstić information content (AvgIpc) is 1.04. The zero-order valence-corrected chi connectivity index (χ0v) is 63.0. The van der Waals surface area contributed by atoms with Gasteiger partial charge in [-0.05, 0) is 116 Å². The van der Waals surface area contributed by atoms with Crippen LogP contribution < -0.4 is 0 Å². The van der Waals surface area contributed by atoms with E-state index in [1.54, 1.807) is 6.08 Å². The molecule has 0 rings (SSSR count). The van der Waals surface area contributed by atoms with Crippen LogP contribution >= 0.6 is 15.6 Å². The molecule has 98 heavy (non-hydrogen) atoms. The second-order valence-electron chi connectivity index (χ2n) is 24.8. The first kappa shape index (κ1) is 93.5. The summed E-state index contributed by atoms with van der Waals surface area (Å²) in [6, 6.07) is 0. The Morgan fingerprint density at radius 1 is 0.306 bits per heavy atom. The molecule has 0 aromatic heterocycles. The Kier molecular flexibility index (Phi) is 67.6. The normalized spacial score (nSPS) is 14.6. The van der Waals surface area contributed by atoms with Crippen molar-refractivity contribution < 1.29 is 80.2 Å². The van der Waals surface area contributed by atoms with Crippen LogP contribution in [0, 0.1) is 0 Å². The van der Waals surface area contributed by atoms with Gasteiger partial charge in [0.1, 0.15) is 19.3 Å². The maximum absolute atomic E-state index is 13.1. The molecular weight excluding hydrogens is 1280 g/mol.